The van der Waals surface area contributed by atoms with Gasteiger partial charge < -0.3 is 10.1 Å². The second kappa shape index (κ2) is 7.07. The first kappa shape index (κ1) is 13.8. The molecular formula is C13H21N3OS. The number of aryl methyl sites for hydroxylation is 1. The second-order valence-corrected chi connectivity index (χ2v) is 6.17. The summed E-state index contributed by atoms with van der Waals surface area (Å²) in [4.78, 5) is 8.61. The van der Waals surface area contributed by atoms with Gasteiger partial charge in [-0.25, -0.2) is 9.97 Å². The molecule has 1 aliphatic heterocycles. The number of thioether (sulfide) groups is 1. The van der Waals surface area contributed by atoms with Gasteiger partial charge in [0.1, 0.15) is 0 Å². The van der Waals surface area contributed by atoms with Gasteiger partial charge >= 0.3 is 0 Å². The lowest BCUT2D eigenvalue weighted by Crippen LogP contribution is -2.30. The van der Waals surface area contributed by atoms with E-state index in [1.807, 2.05) is 19.3 Å². The lowest BCUT2D eigenvalue weighted by Gasteiger charge is -2.14. The SMILES string of the molecule is Cc1cnc(SC(C)CNCC2CCCO2)nc1. The van der Waals surface area contributed by atoms with Crippen molar-refractivity contribution < 1.29 is 4.74 Å². The maximum absolute atomic E-state index is 5.57. The normalized spacial score (nSPS) is 21.1. The maximum Gasteiger partial charge on any atom is 0.187 e. The van der Waals surface area contributed by atoms with Crippen LogP contribution in [0.15, 0.2) is 17.6 Å². The second-order valence-electron chi connectivity index (χ2n) is 4.76. The fourth-order valence-electron chi connectivity index (χ4n) is 1.92. The fourth-order valence-corrected chi connectivity index (χ4v) is 2.70. The van der Waals surface area contributed by atoms with Crippen molar-refractivity contribution in [3.05, 3.63) is 18.0 Å². The summed E-state index contributed by atoms with van der Waals surface area (Å²) in [6, 6.07) is 0. The van der Waals surface area contributed by atoms with Crippen LogP contribution in [0.5, 0.6) is 0 Å². The van der Waals surface area contributed by atoms with Crippen molar-refractivity contribution >= 4 is 11.8 Å². The summed E-state index contributed by atoms with van der Waals surface area (Å²) in [6.07, 6.45) is 6.53. The van der Waals surface area contributed by atoms with Crippen LogP contribution in [0.25, 0.3) is 0 Å². The van der Waals surface area contributed by atoms with E-state index in [1.54, 1.807) is 11.8 Å². The Morgan fingerprint density at radius 2 is 2.28 bits per heavy atom. The Morgan fingerprint density at radius 3 is 2.94 bits per heavy atom. The number of hydrogen-bond donors (Lipinski definition) is 1. The monoisotopic (exact) mass is 267 g/mol. The van der Waals surface area contributed by atoms with E-state index in [2.05, 4.69) is 22.2 Å². The Morgan fingerprint density at radius 1 is 1.50 bits per heavy atom. The molecule has 0 saturated carbocycles. The molecule has 4 nitrogen and oxygen atoms in total. The topological polar surface area (TPSA) is 47.0 Å². The summed E-state index contributed by atoms with van der Waals surface area (Å²) in [5, 5.41) is 4.78. The third-order valence-corrected chi connectivity index (χ3v) is 3.88. The highest BCUT2D eigenvalue weighted by atomic mass is 32.2. The molecule has 2 heterocycles. The molecule has 5 heteroatoms. The van der Waals surface area contributed by atoms with E-state index < -0.39 is 0 Å². The van der Waals surface area contributed by atoms with Crippen LogP contribution in [0.1, 0.15) is 25.3 Å². The van der Waals surface area contributed by atoms with Crippen LogP contribution in [0.3, 0.4) is 0 Å². The number of nitrogens with zero attached hydrogens (tertiary/aromatic N) is 2. The number of ether oxygens (including phenoxy) is 1. The van der Waals surface area contributed by atoms with Crippen molar-refractivity contribution in [2.24, 2.45) is 0 Å². The van der Waals surface area contributed by atoms with Crippen molar-refractivity contribution in [2.45, 2.75) is 43.2 Å². The van der Waals surface area contributed by atoms with Crippen LogP contribution < -0.4 is 5.32 Å². The van der Waals surface area contributed by atoms with E-state index in [-0.39, 0.29) is 0 Å². The van der Waals surface area contributed by atoms with Gasteiger partial charge in [0.05, 0.1) is 6.10 Å². The first-order valence-corrected chi connectivity index (χ1v) is 7.39. The minimum atomic E-state index is 0.415. The quantitative estimate of drug-likeness (QED) is 0.631. The van der Waals surface area contributed by atoms with Crippen molar-refractivity contribution in [1.82, 2.24) is 15.3 Å². The molecule has 2 unspecified atom stereocenters. The maximum atomic E-state index is 5.57. The molecule has 0 spiro atoms. The first-order valence-electron chi connectivity index (χ1n) is 6.51. The van der Waals surface area contributed by atoms with Crippen LogP contribution in [0.2, 0.25) is 0 Å². The van der Waals surface area contributed by atoms with Gasteiger partial charge in [-0.15, -0.1) is 0 Å². The lowest BCUT2D eigenvalue weighted by atomic mass is 10.2. The van der Waals surface area contributed by atoms with Gasteiger partial charge in [0, 0.05) is 37.3 Å². The van der Waals surface area contributed by atoms with E-state index in [4.69, 9.17) is 4.74 Å². The molecular weight excluding hydrogens is 246 g/mol. The summed E-state index contributed by atoms with van der Waals surface area (Å²) >= 11 is 1.71. The number of hydrogen-bond acceptors (Lipinski definition) is 5. The Kier molecular flexibility index (Phi) is 5.41. The number of nitrogens with one attached hydrogen (secondary N) is 1. The zero-order valence-corrected chi connectivity index (χ0v) is 11.9. The van der Waals surface area contributed by atoms with Crippen LogP contribution >= 0.6 is 11.8 Å². The zero-order chi connectivity index (χ0) is 12.8. The van der Waals surface area contributed by atoms with E-state index in [1.165, 1.54) is 12.8 Å². The van der Waals surface area contributed by atoms with Gasteiger partial charge in [-0.1, -0.05) is 18.7 Å². The molecule has 1 N–H and O–H groups in total. The third kappa shape index (κ3) is 4.55. The van der Waals surface area contributed by atoms with E-state index in [0.29, 0.717) is 11.4 Å². The molecule has 0 aliphatic carbocycles. The summed E-state index contributed by atoms with van der Waals surface area (Å²) in [5.41, 5.74) is 1.10. The van der Waals surface area contributed by atoms with E-state index >= 15 is 0 Å². The summed E-state index contributed by atoms with van der Waals surface area (Å²) < 4.78 is 5.57. The predicted molar refractivity (Wildman–Crippen MR) is 73.9 cm³/mol. The zero-order valence-electron chi connectivity index (χ0n) is 11.1. The van der Waals surface area contributed by atoms with Gasteiger partial charge in [-0.05, 0) is 25.3 Å². The average Bonchev–Trinajstić information content (AvgIpc) is 2.85. The lowest BCUT2D eigenvalue weighted by molar-refractivity contribution is 0.110. The van der Waals surface area contributed by atoms with Crippen molar-refractivity contribution in [3.63, 3.8) is 0 Å². The van der Waals surface area contributed by atoms with Crippen molar-refractivity contribution in [2.75, 3.05) is 19.7 Å². The van der Waals surface area contributed by atoms with Crippen LogP contribution in [0, 0.1) is 6.92 Å². The average molecular weight is 267 g/mol. The molecule has 1 aromatic rings. The molecule has 2 atom stereocenters. The molecule has 0 bridgehead atoms. The molecule has 2 rings (SSSR count). The Labute approximate surface area is 113 Å². The largest absolute Gasteiger partial charge is 0.377 e. The molecule has 100 valence electrons. The highest BCUT2D eigenvalue weighted by molar-refractivity contribution is 7.99. The summed E-state index contributed by atoms with van der Waals surface area (Å²) in [7, 11) is 0. The van der Waals surface area contributed by atoms with Crippen LogP contribution in [-0.2, 0) is 4.74 Å². The Bertz CT molecular complexity index is 352. The highest BCUT2D eigenvalue weighted by Gasteiger charge is 2.15. The summed E-state index contributed by atoms with van der Waals surface area (Å²) in [5.74, 6) is 0. The van der Waals surface area contributed by atoms with E-state index in [0.717, 1.165) is 30.4 Å². The van der Waals surface area contributed by atoms with Gasteiger partial charge in [0.25, 0.3) is 0 Å². The van der Waals surface area contributed by atoms with Gasteiger partial charge in [0.2, 0.25) is 0 Å². The fraction of sp³-hybridized carbons (Fsp3) is 0.692. The minimum absolute atomic E-state index is 0.415. The van der Waals surface area contributed by atoms with Crippen molar-refractivity contribution in [3.8, 4) is 0 Å². The Hall–Kier alpha value is -0.650. The number of rotatable bonds is 6. The standard InChI is InChI=1S/C13H21N3OS/c1-10-6-15-13(16-7-10)18-11(2)8-14-9-12-4-3-5-17-12/h6-7,11-12,14H,3-5,8-9H2,1-2H3. The third-order valence-electron chi connectivity index (χ3n) is 2.89. The Balaban J connectivity index is 1.65. The van der Waals surface area contributed by atoms with Crippen molar-refractivity contribution in [1.29, 1.82) is 0 Å². The molecule has 1 saturated heterocycles. The predicted octanol–water partition coefficient (Wildman–Crippen LogP) is 2.03. The van der Waals surface area contributed by atoms with Gasteiger partial charge in [-0.3, -0.25) is 0 Å². The van der Waals surface area contributed by atoms with Gasteiger partial charge in [0.15, 0.2) is 5.16 Å². The highest BCUT2D eigenvalue weighted by Crippen LogP contribution is 2.18. The molecule has 0 aromatic carbocycles. The van der Waals surface area contributed by atoms with Gasteiger partial charge in [-0.2, -0.15) is 0 Å². The number of aromatic nitrogens is 2. The molecule has 1 aliphatic rings. The minimum Gasteiger partial charge on any atom is -0.377 e. The first-order chi connectivity index (χ1) is 8.74. The van der Waals surface area contributed by atoms with Crippen LogP contribution in [-0.4, -0.2) is 41.0 Å². The smallest absolute Gasteiger partial charge is 0.187 e. The molecule has 1 fully saturated rings. The van der Waals surface area contributed by atoms with E-state index in [9.17, 15) is 0 Å². The van der Waals surface area contributed by atoms with Crippen LogP contribution in [0.4, 0.5) is 0 Å². The summed E-state index contributed by atoms with van der Waals surface area (Å²) in [6.45, 7) is 7.03. The molecule has 0 radical (unpaired) electrons. The molecule has 1 aromatic heterocycles. The molecule has 18 heavy (non-hydrogen) atoms. The molecule has 0 amide bonds.